The minimum atomic E-state index is -1.11. The molecule has 2 aromatic rings. The second-order valence-electron chi connectivity index (χ2n) is 5.39. The van der Waals surface area contributed by atoms with Crippen molar-refractivity contribution < 1.29 is 14.1 Å². The van der Waals surface area contributed by atoms with Crippen LogP contribution < -0.4 is 5.32 Å². The second kappa shape index (κ2) is 5.14. The number of nitrogens with zero attached hydrogens (tertiary/aromatic N) is 2. The van der Waals surface area contributed by atoms with Gasteiger partial charge >= 0.3 is 6.03 Å². The van der Waals surface area contributed by atoms with Gasteiger partial charge < -0.3 is 9.84 Å². The van der Waals surface area contributed by atoms with Crippen LogP contribution in [0.4, 0.5) is 4.79 Å². The van der Waals surface area contributed by atoms with Gasteiger partial charge in [-0.25, -0.2) is 4.79 Å². The lowest BCUT2D eigenvalue weighted by molar-refractivity contribution is -0.131. The molecular weight excluding hydrogens is 306 g/mol. The van der Waals surface area contributed by atoms with Crippen LogP contribution in [0.3, 0.4) is 0 Å². The van der Waals surface area contributed by atoms with E-state index < -0.39 is 11.6 Å². The zero-order valence-electron chi connectivity index (χ0n) is 12.1. The molecule has 7 heteroatoms. The minimum absolute atomic E-state index is 0.0503. The van der Waals surface area contributed by atoms with Crippen molar-refractivity contribution in [1.82, 2.24) is 15.4 Å². The Kier molecular flexibility index (Phi) is 3.41. The zero-order valence-corrected chi connectivity index (χ0v) is 12.8. The fourth-order valence-corrected chi connectivity index (χ4v) is 2.59. The normalized spacial score (nSPS) is 21.3. The summed E-state index contributed by atoms with van der Waals surface area (Å²) < 4.78 is 5.07. The summed E-state index contributed by atoms with van der Waals surface area (Å²) in [5, 5.41) is 7.05. The fraction of sp³-hybridized carbons (Fsp3) is 0.267. The van der Waals surface area contributed by atoms with Crippen LogP contribution in [0.15, 0.2) is 34.9 Å². The number of aromatic nitrogens is 1. The van der Waals surface area contributed by atoms with E-state index in [1.54, 1.807) is 44.2 Å². The van der Waals surface area contributed by atoms with Gasteiger partial charge in [0.05, 0.1) is 12.2 Å². The van der Waals surface area contributed by atoms with Gasteiger partial charge in [0.1, 0.15) is 5.54 Å². The van der Waals surface area contributed by atoms with Crippen LogP contribution in [0.25, 0.3) is 0 Å². The minimum Gasteiger partial charge on any atom is -0.359 e. The molecule has 1 aromatic carbocycles. The predicted octanol–water partition coefficient (Wildman–Crippen LogP) is 2.60. The van der Waals surface area contributed by atoms with E-state index in [1.807, 2.05) is 0 Å². The number of benzene rings is 1. The number of carbonyl (C=O) groups is 2. The highest BCUT2D eigenvalue weighted by Gasteiger charge is 2.49. The molecule has 0 aliphatic carbocycles. The monoisotopic (exact) mass is 319 g/mol. The number of carbonyl (C=O) groups excluding carboxylic acids is 2. The zero-order chi connectivity index (χ0) is 15.9. The first-order valence-corrected chi connectivity index (χ1v) is 7.10. The van der Waals surface area contributed by atoms with E-state index in [-0.39, 0.29) is 12.5 Å². The van der Waals surface area contributed by atoms with E-state index in [9.17, 15) is 9.59 Å². The fourth-order valence-electron chi connectivity index (χ4n) is 2.47. The number of imide groups is 1. The predicted molar refractivity (Wildman–Crippen MR) is 79.1 cm³/mol. The van der Waals surface area contributed by atoms with E-state index >= 15 is 0 Å². The molecule has 0 unspecified atom stereocenters. The molecule has 0 saturated carbocycles. The van der Waals surface area contributed by atoms with Crippen LogP contribution in [0, 0.1) is 6.92 Å². The Labute approximate surface area is 132 Å². The number of urea groups is 1. The van der Waals surface area contributed by atoms with Crippen LogP contribution in [0.5, 0.6) is 0 Å². The molecule has 1 saturated heterocycles. The van der Waals surface area contributed by atoms with Gasteiger partial charge in [0.25, 0.3) is 5.91 Å². The van der Waals surface area contributed by atoms with Gasteiger partial charge in [-0.2, -0.15) is 0 Å². The molecule has 1 fully saturated rings. The summed E-state index contributed by atoms with van der Waals surface area (Å²) in [7, 11) is 0. The number of hydrogen-bond acceptors (Lipinski definition) is 4. The Morgan fingerprint density at radius 1 is 1.32 bits per heavy atom. The van der Waals surface area contributed by atoms with Crippen molar-refractivity contribution in [3.05, 3.63) is 52.4 Å². The molecule has 0 spiro atoms. The van der Waals surface area contributed by atoms with E-state index in [0.29, 0.717) is 22.0 Å². The maximum absolute atomic E-state index is 12.7. The van der Waals surface area contributed by atoms with Crippen LogP contribution in [0.1, 0.15) is 23.9 Å². The van der Waals surface area contributed by atoms with E-state index in [1.165, 1.54) is 0 Å². The third kappa shape index (κ3) is 2.35. The van der Waals surface area contributed by atoms with Crippen molar-refractivity contribution in [2.24, 2.45) is 0 Å². The second-order valence-corrected chi connectivity index (χ2v) is 5.82. The number of nitrogens with one attached hydrogen (secondary N) is 1. The van der Waals surface area contributed by atoms with Crippen LogP contribution in [-0.4, -0.2) is 22.0 Å². The smallest absolute Gasteiger partial charge is 0.325 e. The summed E-state index contributed by atoms with van der Waals surface area (Å²) in [5.41, 5.74) is 0.255. The van der Waals surface area contributed by atoms with Crippen LogP contribution in [-0.2, 0) is 16.9 Å². The SMILES string of the molecule is Cc1cc(CN2C(=O)N[C@](C)(c3ccc(Cl)cc3)C2=O)on1. The van der Waals surface area contributed by atoms with Gasteiger partial charge in [-0.1, -0.05) is 28.9 Å². The first-order valence-electron chi connectivity index (χ1n) is 6.72. The number of aryl methyl sites for hydroxylation is 1. The van der Waals surface area contributed by atoms with E-state index in [0.717, 1.165) is 4.90 Å². The summed E-state index contributed by atoms with van der Waals surface area (Å²) in [6.07, 6.45) is 0. The quantitative estimate of drug-likeness (QED) is 0.882. The highest BCUT2D eigenvalue weighted by molar-refractivity contribution is 6.30. The largest absolute Gasteiger partial charge is 0.359 e. The van der Waals surface area contributed by atoms with Gasteiger partial charge in [0.2, 0.25) is 0 Å². The van der Waals surface area contributed by atoms with Crippen molar-refractivity contribution in [2.75, 3.05) is 0 Å². The molecule has 1 aliphatic heterocycles. The first kappa shape index (κ1) is 14.6. The maximum Gasteiger partial charge on any atom is 0.325 e. The highest BCUT2D eigenvalue weighted by atomic mass is 35.5. The third-order valence-corrected chi connectivity index (χ3v) is 3.94. The average molecular weight is 320 g/mol. The molecule has 1 atom stereocenters. The molecule has 22 heavy (non-hydrogen) atoms. The van der Waals surface area contributed by atoms with E-state index in [4.69, 9.17) is 16.1 Å². The highest BCUT2D eigenvalue weighted by Crippen LogP contribution is 2.30. The molecular formula is C15H14ClN3O3. The molecule has 3 rings (SSSR count). The number of halogens is 1. The molecule has 1 aliphatic rings. The lowest BCUT2D eigenvalue weighted by Gasteiger charge is -2.22. The summed E-state index contributed by atoms with van der Waals surface area (Å²) >= 11 is 5.87. The topological polar surface area (TPSA) is 75.4 Å². The molecule has 3 amide bonds. The lowest BCUT2D eigenvalue weighted by atomic mass is 9.92. The van der Waals surface area contributed by atoms with Gasteiger partial charge in [-0.05, 0) is 31.5 Å². The van der Waals surface area contributed by atoms with Gasteiger partial charge in [-0.15, -0.1) is 0 Å². The van der Waals surface area contributed by atoms with Crippen molar-refractivity contribution in [1.29, 1.82) is 0 Å². The number of hydrogen-bond donors (Lipinski definition) is 1. The molecule has 2 heterocycles. The summed E-state index contributed by atoms with van der Waals surface area (Å²) in [5.74, 6) is 0.121. The maximum atomic E-state index is 12.7. The van der Waals surface area contributed by atoms with Crippen molar-refractivity contribution in [3.8, 4) is 0 Å². The molecule has 1 N–H and O–H groups in total. The summed E-state index contributed by atoms with van der Waals surface area (Å²) in [6.45, 7) is 3.49. The molecule has 114 valence electrons. The first-order chi connectivity index (χ1) is 10.4. The number of amides is 3. The Balaban J connectivity index is 1.88. The molecule has 0 radical (unpaired) electrons. The van der Waals surface area contributed by atoms with Crippen molar-refractivity contribution in [2.45, 2.75) is 25.9 Å². The molecule has 6 nitrogen and oxygen atoms in total. The Hall–Kier alpha value is -2.34. The molecule has 1 aromatic heterocycles. The summed E-state index contributed by atoms with van der Waals surface area (Å²) in [4.78, 5) is 26.0. The van der Waals surface area contributed by atoms with Gasteiger partial charge in [-0.3, -0.25) is 9.69 Å². The average Bonchev–Trinajstić information content (AvgIpc) is 2.97. The Bertz CT molecular complexity index is 741. The Morgan fingerprint density at radius 2 is 2.00 bits per heavy atom. The van der Waals surface area contributed by atoms with Crippen LogP contribution in [0.2, 0.25) is 5.02 Å². The van der Waals surface area contributed by atoms with Crippen molar-refractivity contribution >= 4 is 23.5 Å². The standard InChI is InChI=1S/C15H14ClN3O3/c1-9-7-12(22-18-9)8-19-13(20)15(2,17-14(19)21)10-3-5-11(16)6-4-10/h3-7H,8H2,1-2H3,(H,17,21)/t15-/m1/s1. The van der Waals surface area contributed by atoms with Crippen LogP contribution >= 0.6 is 11.6 Å². The van der Waals surface area contributed by atoms with Gasteiger partial charge in [0, 0.05) is 11.1 Å². The summed E-state index contributed by atoms with van der Waals surface area (Å²) in [6, 6.07) is 8.05. The number of rotatable bonds is 3. The Morgan fingerprint density at radius 3 is 2.59 bits per heavy atom. The van der Waals surface area contributed by atoms with Gasteiger partial charge in [0.15, 0.2) is 5.76 Å². The van der Waals surface area contributed by atoms with Crippen molar-refractivity contribution in [3.63, 3.8) is 0 Å². The van der Waals surface area contributed by atoms with E-state index in [2.05, 4.69) is 10.5 Å². The molecule has 0 bridgehead atoms. The lowest BCUT2D eigenvalue weighted by Crippen LogP contribution is -2.40. The third-order valence-electron chi connectivity index (χ3n) is 3.69.